The van der Waals surface area contributed by atoms with Gasteiger partial charge in [-0.25, -0.2) is 0 Å². The van der Waals surface area contributed by atoms with E-state index in [-0.39, 0.29) is 31.3 Å². The summed E-state index contributed by atoms with van der Waals surface area (Å²) < 4.78 is 11.0. The van der Waals surface area contributed by atoms with E-state index in [1.54, 1.807) is 5.57 Å². The summed E-state index contributed by atoms with van der Waals surface area (Å²) in [6.07, 6.45) is 54.5. The highest BCUT2D eigenvalue weighted by Crippen LogP contribution is 2.67. The van der Waals surface area contributed by atoms with E-state index in [1.165, 1.54) is 218 Å². The first kappa shape index (κ1) is 62.9. The lowest BCUT2D eigenvalue weighted by atomic mass is 9.47. The maximum absolute atomic E-state index is 12.8. The summed E-state index contributed by atoms with van der Waals surface area (Å²) in [7, 11) is 0. The van der Waals surface area contributed by atoms with Gasteiger partial charge in [-0.3, -0.25) is 9.59 Å². The summed E-state index contributed by atoms with van der Waals surface area (Å²) in [5, 5.41) is 17.7. The Morgan fingerprint density at radius 3 is 1.57 bits per heavy atom. The summed E-state index contributed by atoms with van der Waals surface area (Å²) in [6.45, 7) is 16.7. The number of esters is 2. The fourth-order valence-electron chi connectivity index (χ4n) is 14.2. The molecule has 9 atom stereocenters. The molecule has 4 aliphatic rings. The van der Waals surface area contributed by atoms with E-state index in [9.17, 15) is 9.59 Å². The van der Waals surface area contributed by atoms with E-state index in [0.29, 0.717) is 23.7 Å². The third kappa shape index (κ3) is 23.9. The Labute approximate surface area is 434 Å². The van der Waals surface area contributed by atoms with Crippen LogP contribution in [0.15, 0.2) is 11.6 Å². The molecular formula is C64H118O6. The molecule has 0 aromatic heterocycles. The van der Waals surface area contributed by atoms with Crippen molar-refractivity contribution in [1.82, 2.24) is 0 Å². The number of allylic oxidation sites excluding steroid dienone is 1. The zero-order valence-corrected chi connectivity index (χ0v) is 47.6. The minimum atomic E-state index is -0.954. The molecular weight excluding hydrogens is 865 g/mol. The van der Waals surface area contributed by atoms with Gasteiger partial charge in [-0.2, -0.15) is 0 Å². The van der Waals surface area contributed by atoms with Crippen molar-refractivity contribution in [2.24, 2.45) is 46.3 Å². The molecule has 3 fully saturated rings. The summed E-state index contributed by atoms with van der Waals surface area (Å²) >= 11 is 0. The number of aliphatic hydroxyl groups is 2. The number of hydrogen-bond donors (Lipinski definition) is 2. The Morgan fingerprint density at radius 2 is 1.09 bits per heavy atom. The van der Waals surface area contributed by atoms with Crippen molar-refractivity contribution in [1.29, 1.82) is 0 Å². The molecule has 2 unspecified atom stereocenters. The van der Waals surface area contributed by atoms with Crippen molar-refractivity contribution in [2.75, 3.05) is 13.2 Å². The van der Waals surface area contributed by atoms with Crippen LogP contribution in [0.2, 0.25) is 0 Å². The molecule has 0 saturated heterocycles. The lowest BCUT2D eigenvalue weighted by molar-refractivity contribution is -0.151. The van der Waals surface area contributed by atoms with Crippen LogP contribution in [0.1, 0.15) is 312 Å². The van der Waals surface area contributed by atoms with Crippen molar-refractivity contribution in [3.63, 3.8) is 0 Å². The molecule has 0 aromatic carbocycles. The molecule has 2 N–H and O–H groups in total. The average molecular weight is 984 g/mol. The Kier molecular flexibility index (Phi) is 33.6. The Balaban J connectivity index is 0.000000442. The first-order valence-electron chi connectivity index (χ1n) is 31.2. The van der Waals surface area contributed by atoms with Gasteiger partial charge >= 0.3 is 11.9 Å². The summed E-state index contributed by atoms with van der Waals surface area (Å²) in [6, 6.07) is 0. The zero-order valence-electron chi connectivity index (χ0n) is 47.6. The standard InChI is InChI=1S/C43H76O2.C21H42O4/c1-7-8-9-10-11-12-13-14-15-16-17-18-19-23-41(44)45-36-28-30-42(5)35(32-36)24-25-37-39-27-26-38(34(4)22-20-21-33(2)3)43(39,6)31-29-40(37)42;1-2-3-4-5-6-7-8-9-10-11-12-13-14-15-16-17-21(24)25-19-20(23)18-22/h24,33-34,36-40H,7-23,25-32H2,1-6H3;20,22-23H,2-19H2,1H3/t34?,36-,37-,38+,39-,40-,42-,43+;/m0./s1. The quantitative estimate of drug-likeness (QED) is 0.0362. The maximum Gasteiger partial charge on any atom is 0.306 e. The second kappa shape index (κ2) is 37.3. The predicted molar refractivity (Wildman–Crippen MR) is 297 cm³/mol. The fourth-order valence-corrected chi connectivity index (χ4v) is 14.2. The number of ether oxygens (including phenoxy) is 2. The third-order valence-electron chi connectivity index (χ3n) is 18.7. The molecule has 0 spiro atoms. The monoisotopic (exact) mass is 983 g/mol. The van der Waals surface area contributed by atoms with Crippen molar-refractivity contribution >= 4 is 11.9 Å². The summed E-state index contributed by atoms with van der Waals surface area (Å²) in [5.74, 6) is 5.07. The van der Waals surface area contributed by atoms with Crippen LogP contribution in [0, 0.1) is 46.3 Å². The second-order valence-corrected chi connectivity index (χ2v) is 24.9. The van der Waals surface area contributed by atoms with Gasteiger partial charge in [-0.1, -0.05) is 246 Å². The molecule has 410 valence electrons. The van der Waals surface area contributed by atoms with Crippen LogP contribution in [0.5, 0.6) is 0 Å². The second-order valence-electron chi connectivity index (χ2n) is 24.9. The number of aliphatic hydroxyl groups excluding tert-OH is 2. The van der Waals surface area contributed by atoms with Crippen LogP contribution in [-0.2, 0) is 19.1 Å². The molecule has 6 heteroatoms. The first-order chi connectivity index (χ1) is 33.9. The minimum absolute atomic E-state index is 0.0638. The van der Waals surface area contributed by atoms with E-state index >= 15 is 0 Å². The molecule has 0 radical (unpaired) electrons. The maximum atomic E-state index is 12.8. The highest BCUT2D eigenvalue weighted by Gasteiger charge is 2.59. The van der Waals surface area contributed by atoms with Gasteiger partial charge < -0.3 is 19.7 Å². The average Bonchev–Trinajstić information content (AvgIpc) is 3.71. The van der Waals surface area contributed by atoms with Crippen molar-refractivity contribution < 1.29 is 29.3 Å². The lowest BCUT2D eigenvalue weighted by Gasteiger charge is -2.58. The Bertz CT molecular complexity index is 1360. The van der Waals surface area contributed by atoms with Crippen LogP contribution in [-0.4, -0.2) is 47.6 Å². The van der Waals surface area contributed by atoms with Crippen molar-refractivity contribution in [3.05, 3.63) is 11.6 Å². The van der Waals surface area contributed by atoms with Crippen LogP contribution in [0.25, 0.3) is 0 Å². The molecule has 6 nitrogen and oxygen atoms in total. The topological polar surface area (TPSA) is 93.1 Å². The number of hydrogen-bond acceptors (Lipinski definition) is 6. The van der Waals surface area contributed by atoms with Gasteiger partial charge in [0.05, 0.1) is 6.61 Å². The molecule has 0 bridgehead atoms. The van der Waals surface area contributed by atoms with E-state index in [0.717, 1.165) is 67.6 Å². The smallest absolute Gasteiger partial charge is 0.306 e. The van der Waals surface area contributed by atoms with Crippen molar-refractivity contribution in [3.8, 4) is 0 Å². The number of carbonyl (C=O) groups excluding carboxylic acids is 2. The SMILES string of the molecule is CCCCCCCCCCCCCCCC(=O)O[C@H]1CC[C@@]2(C)C(=CC[C@H]3[C@@H]4CC[C@H](C(C)CCCC(C)C)[C@@]4(C)CC[C@@H]32)C1.CCCCCCCCCCCCCCCCCC(=O)OCC(O)CO. The molecule has 4 rings (SSSR count). The zero-order chi connectivity index (χ0) is 50.9. The van der Waals surface area contributed by atoms with Gasteiger partial charge in [0, 0.05) is 19.3 Å². The van der Waals surface area contributed by atoms with Crippen LogP contribution in [0.4, 0.5) is 0 Å². The van der Waals surface area contributed by atoms with E-state index in [1.807, 2.05) is 0 Å². The van der Waals surface area contributed by atoms with Crippen molar-refractivity contribution in [2.45, 2.75) is 324 Å². The minimum Gasteiger partial charge on any atom is -0.463 e. The lowest BCUT2D eigenvalue weighted by Crippen LogP contribution is -2.51. The molecule has 4 aliphatic carbocycles. The molecule has 70 heavy (non-hydrogen) atoms. The normalized spacial score (nSPS) is 25.8. The van der Waals surface area contributed by atoms with Gasteiger partial charge in [-0.05, 0) is 104 Å². The molecule has 0 aromatic rings. The number of fused-ring (bicyclic) bond motifs is 5. The molecule has 0 amide bonds. The molecule has 0 heterocycles. The van der Waals surface area contributed by atoms with Crippen LogP contribution >= 0.6 is 0 Å². The van der Waals surface area contributed by atoms with Gasteiger partial charge in [0.1, 0.15) is 18.8 Å². The number of carbonyl (C=O) groups is 2. The van der Waals surface area contributed by atoms with E-state index in [4.69, 9.17) is 19.7 Å². The van der Waals surface area contributed by atoms with Gasteiger partial charge in [0.2, 0.25) is 0 Å². The fraction of sp³-hybridized carbons (Fsp3) is 0.938. The predicted octanol–water partition coefficient (Wildman–Crippen LogP) is 18.6. The van der Waals surface area contributed by atoms with Gasteiger partial charge in [-0.15, -0.1) is 0 Å². The van der Waals surface area contributed by atoms with Crippen LogP contribution < -0.4 is 0 Å². The summed E-state index contributed by atoms with van der Waals surface area (Å²) in [4.78, 5) is 24.2. The number of rotatable bonds is 39. The number of unbranched alkanes of at least 4 members (excludes halogenated alkanes) is 26. The highest BCUT2D eigenvalue weighted by atomic mass is 16.5. The largest absolute Gasteiger partial charge is 0.463 e. The third-order valence-corrected chi connectivity index (χ3v) is 18.7. The summed E-state index contributed by atoms with van der Waals surface area (Å²) in [5.41, 5.74) is 2.54. The Morgan fingerprint density at radius 1 is 0.600 bits per heavy atom. The highest BCUT2D eigenvalue weighted by molar-refractivity contribution is 5.69. The van der Waals surface area contributed by atoms with E-state index < -0.39 is 6.10 Å². The van der Waals surface area contributed by atoms with Gasteiger partial charge in [0.25, 0.3) is 0 Å². The van der Waals surface area contributed by atoms with Gasteiger partial charge in [0.15, 0.2) is 0 Å². The van der Waals surface area contributed by atoms with Crippen LogP contribution in [0.3, 0.4) is 0 Å². The van der Waals surface area contributed by atoms with E-state index in [2.05, 4.69) is 54.5 Å². The molecule has 0 aliphatic heterocycles. The molecule has 3 saturated carbocycles. The first-order valence-corrected chi connectivity index (χ1v) is 31.2. The Hall–Kier alpha value is -1.40.